The van der Waals surface area contributed by atoms with Gasteiger partial charge in [-0.25, -0.2) is 13.1 Å². The highest BCUT2D eigenvalue weighted by Gasteiger charge is 2.19. The first-order valence-electron chi connectivity index (χ1n) is 6.06. The molecule has 0 radical (unpaired) electrons. The van der Waals surface area contributed by atoms with E-state index in [1.54, 1.807) is 6.07 Å². The fourth-order valence-corrected chi connectivity index (χ4v) is 2.64. The van der Waals surface area contributed by atoms with Gasteiger partial charge in [0.25, 0.3) is 15.9 Å². The summed E-state index contributed by atoms with van der Waals surface area (Å²) in [4.78, 5) is 15.7. The number of hydrogen-bond donors (Lipinski definition) is 1. The monoisotopic (exact) mass is 306 g/mol. The average molecular weight is 306 g/mol. The van der Waals surface area contributed by atoms with Crippen LogP contribution in [0.25, 0.3) is 0 Å². The Balaban J connectivity index is 2.26. The van der Waals surface area contributed by atoms with Gasteiger partial charge in [0.1, 0.15) is 10.6 Å². The van der Waals surface area contributed by atoms with Gasteiger partial charge in [-0.2, -0.15) is 0 Å². The second kappa shape index (κ2) is 5.92. The van der Waals surface area contributed by atoms with E-state index < -0.39 is 15.9 Å². The zero-order valence-corrected chi connectivity index (χ0v) is 12.3. The first-order valence-corrected chi connectivity index (χ1v) is 7.54. The molecule has 0 aliphatic rings. The molecule has 110 valence electrons. The van der Waals surface area contributed by atoms with E-state index in [0.29, 0.717) is 5.75 Å². The predicted octanol–water partition coefficient (Wildman–Crippen LogP) is 1.52. The Morgan fingerprint density at radius 1 is 1.29 bits per heavy atom. The van der Waals surface area contributed by atoms with Crippen LogP contribution in [0, 0.1) is 6.92 Å². The maximum absolute atomic E-state index is 12.0. The minimum atomic E-state index is -3.94. The molecule has 1 N–H and O–H groups in total. The van der Waals surface area contributed by atoms with Gasteiger partial charge >= 0.3 is 0 Å². The number of aromatic nitrogens is 1. The zero-order chi connectivity index (χ0) is 15.5. The van der Waals surface area contributed by atoms with Crippen molar-refractivity contribution < 1.29 is 17.9 Å². The summed E-state index contributed by atoms with van der Waals surface area (Å²) in [5.74, 6) is -0.210. The van der Waals surface area contributed by atoms with Crippen LogP contribution in [0.4, 0.5) is 0 Å². The quantitative estimate of drug-likeness (QED) is 0.925. The molecule has 1 aromatic carbocycles. The summed E-state index contributed by atoms with van der Waals surface area (Å²) >= 11 is 0. The molecule has 21 heavy (non-hydrogen) atoms. The Morgan fingerprint density at radius 2 is 2.05 bits per heavy atom. The molecular formula is C14H14N2O4S. The van der Waals surface area contributed by atoms with E-state index in [1.807, 2.05) is 11.6 Å². The van der Waals surface area contributed by atoms with Crippen molar-refractivity contribution in [2.75, 3.05) is 7.11 Å². The lowest BCUT2D eigenvalue weighted by molar-refractivity contribution is 0.0981. The normalized spacial score (nSPS) is 11.0. The summed E-state index contributed by atoms with van der Waals surface area (Å²) in [7, 11) is -2.46. The van der Waals surface area contributed by atoms with Gasteiger partial charge in [-0.1, -0.05) is 6.07 Å². The standard InChI is InChI=1S/C14H14N2O4S/c1-10-5-6-11(8-13(10)20-2)14(17)16-21(18,19)12-4-3-7-15-9-12/h3-9H,1-2H3,(H,16,17). The number of pyridine rings is 1. The van der Waals surface area contributed by atoms with Gasteiger partial charge in [0, 0.05) is 18.0 Å². The van der Waals surface area contributed by atoms with Crippen LogP contribution in [-0.2, 0) is 10.0 Å². The van der Waals surface area contributed by atoms with Crippen LogP contribution in [0.15, 0.2) is 47.6 Å². The number of carbonyl (C=O) groups is 1. The van der Waals surface area contributed by atoms with Crippen molar-refractivity contribution in [1.82, 2.24) is 9.71 Å². The second-order valence-electron chi connectivity index (χ2n) is 4.31. The summed E-state index contributed by atoms with van der Waals surface area (Å²) in [6.45, 7) is 1.83. The maximum atomic E-state index is 12.0. The Hall–Kier alpha value is -2.41. The van der Waals surface area contributed by atoms with Gasteiger partial charge in [0.05, 0.1) is 7.11 Å². The van der Waals surface area contributed by atoms with Gasteiger partial charge in [-0.3, -0.25) is 9.78 Å². The molecule has 0 unspecified atom stereocenters. The van der Waals surface area contributed by atoms with Gasteiger partial charge < -0.3 is 4.74 Å². The van der Waals surface area contributed by atoms with E-state index in [4.69, 9.17) is 4.74 Å². The van der Waals surface area contributed by atoms with Gasteiger partial charge in [0.2, 0.25) is 0 Å². The lowest BCUT2D eigenvalue weighted by Crippen LogP contribution is -2.30. The van der Waals surface area contributed by atoms with Crippen LogP contribution in [0.1, 0.15) is 15.9 Å². The molecule has 0 aliphatic heterocycles. The third-order valence-corrected chi connectivity index (χ3v) is 4.16. The summed E-state index contributed by atoms with van der Waals surface area (Å²) < 4.78 is 31.2. The molecule has 6 nitrogen and oxygen atoms in total. The van der Waals surface area contributed by atoms with Gasteiger partial charge in [0.15, 0.2) is 0 Å². The number of aryl methyl sites for hydroxylation is 1. The molecule has 2 rings (SSSR count). The molecule has 0 fully saturated rings. The van der Waals surface area contributed by atoms with Crippen molar-refractivity contribution in [3.8, 4) is 5.75 Å². The van der Waals surface area contributed by atoms with Crippen LogP contribution < -0.4 is 9.46 Å². The van der Waals surface area contributed by atoms with E-state index in [0.717, 1.165) is 5.56 Å². The van der Waals surface area contributed by atoms with E-state index >= 15 is 0 Å². The molecule has 0 bridgehead atoms. The average Bonchev–Trinajstić information content (AvgIpc) is 2.48. The molecule has 0 spiro atoms. The number of rotatable bonds is 4. The number of methoxy groups -OCH3 is 1. The van der Waals surface area contributed by atoms with Crippen LogP contribution >= 0.6 is 0 Å². The van der Waals surface area contributed by atoms with Crippen LogP contribution in [0.5, 0.6) is 5.75 Å². The van der Waals surface area contributed by atoms with Crippen LogP contribution in [-0.4, -0.2) is 26.4 Å². The smallest absolute Gasteiger partial charge is 0.265 e. The van der Waals surface area contributed by atoms with E-state index in [2.05, 4.69) is 4.98 Å². The predicted molar refractivity (Wildman–Crippen MR) is 76.6 cm³/mol. The van der Waals surface area contributed by atoms with Gasteiger partial charge in [-0.05, 0) is 36.8 Å². The van der Waals surface area contributed by atoms with Crippen molar-refractivity contribution in [2.24, 2.45) is 0 Å². The number of carbonyl (C=O) groups excluding carboxylic acids is 1. The third kappa shape index (κ3) is 3.38. The molecule has 0 saturated carbocycles. The number of sulfonamides is 1. The molecule has 0 aliphatic carbocycles. The Kier molecular flexibility index (Phi) is 4.23. The minimum absolute atomic E-state index is 0.0718. The summed E-state index contributed by atoms with van der Waals surface area (Å²) in [6.07, 6.45) is 2.62. The molecular weight excluding hydrogens is 292 g/mol. The first-order chi connectivity index (χ1) is 9.94. The van der Waals surface area contributed by atoms with Gasteiger partial charge in [-0.15, -0.1) is 0 Å². The van der Waals surface area contributed by atoms with Crippen molar-refractivity contribution in [1.29, 1.82) is 0 Å². The van der Waals surface area contributed by atoms with Crippen molar-refractivity contribution >= 4 is 15.9 Å². The topological polar surface area (TPSA) is 85.4 Å². The molecule has 0 atom stereocenters. The fourth-order valence-electron chi connectivity index (χ4n) is 1.71. The molecule has 0 saturated heterocycles. The molecule has 1 heterocycles. The molecule has 1 amide bonds. The highest BCUT2D eigenvalue weighted by atomic mass is 32.2. The van der Waals surface area contributed by atoms with E-state index in [1.165, 1.54) is 43.8 Å². The Morgan fingerprint density at radius 3 is 2.67 bits per heavy atom. The van der Waals surface area contributed by atoms with Crippen molar-refractivity contribution in [3.63, 3.8) is 0 Å². The Labute approximate surface area is 122 Å². The van der Waals surface area contributed by atoms with E-state index in [-0.39, 0.29) is 10.5 Å². The number of ether oxygens (including phenoxy) is 1. The van der Waals surface area contributed by atoms with Crippen molar-refractivity contribution in [2.45, 2.75) is 11.8 Å². The lowest BCUT2D eigenvalue weighted by atomic mass is 10.1. The number of hydrogen-bond acceptors (Lipinski definition) is 5. The number of amides is 1. The summed E-state index contributed by atoms with van der Waals surface area (Å²) in [5, 5.41) is 0. The van der Waals surface area contributed by atoms with Crippen LogP contribution in [0.2, 0.25) is 0 Å². The second-order valence-corrected chi connectivity index (χ2v) is 5.99. The fraction of sp³-hybridized carbons (Fsp3) is 0.143. The zero-order valence-electron chi connectivity index (χ0n) is 11.5. The highest BCUT2D eigenvalue weighted by Crippen LogP contribution is 2.19. The summed E-state index contributed by atoms with van der Waals surface area (Å²) in [6, 6.07) is 7.55. The van der Waals surface area contributed by atoms with E-state index in [9.17, 15) is 13.2 Å². The number of nitrogens with zero attached hydrogens (tertiary/aromatic N) is 1. The summed E-state index contributed by atoms with van der Waals surface area (Å²) in [5.41, 5.74) is 1.05. The molecule has 7 heteroatoms. The van der Waals surface area contributed by atoms with Crippen LogP contribution in [0.3, 0.4) is 0 Å². The minimum Gasteiger partial charge on any atom is -0.496 e. The molecule has 2 aromatic rings. The first kappa shape index (κ1) is 15.0. The number of benzene rings is 1. The Bertz CT molecular complexity index is 758. The highest BCUT2D eigenvalue weighted by molar-refractivity contribution is 7.90. The largest absolute Gasteiger partial charge is 0.496 e. The lowest BCUT2D eigenvalue weighted by Gasteiger charge is -2.09. The number of nitrogens with one attached hydrogen (secondary N) is 1. The SMILES string of the molecule is COc1cc(C(=O)NS(=O)(=O)c2cccnc2)ccc1C. The maximum Gasteiger partial charge on any atom is 0.265 e. The van der Waals surface area contributed by atoms with Crippen molar-refractivity contribution in [3.05, 3.63) is 53.9 Å². The molecule has 1 aromatic heterocycles. The third-order valence-electron chi connectivity index (χ3n) is 2.84.